The first-order chi connectivity index (χ1) is 9.66. The lowest BCUT2D eigenvalue weighted by Crippen LogP contribution is -2.42. The fraction of sp³-hybridized carbons (Fsp3) is 0.143. The molecule has 2 aromatic rings. The van der Waals surface area contributed by atoms with E-state index in [1.165, 1.54) is 23.1 Å². The summed E-state index contributed by atoms with van der Waals surface area (Å²) in [7, 11) is 0. The molecule has 2 rings (SSSR count). The molecule has 0 aliphatic carbocycles. The number of carbonyl (C=O) groups is 2. The molecule has 0 spiro atoms. The number of benzene rings is 1. The topological polar surface area (TPSA) is 58.2 Å². The van der Waals surface area contributed by atoms with Crippen molar-refractivity contribution in [2.45, 2.75) is 11.8 Å². The maximum atomic E-state index is 11.7. The van der Waals surface area contributed by atoms with E-state index < -0.39 is 0 Å². The van der Waals surface area contributed by atoms with Crippen LogP contribution in [0.25, 0.3) is 0 Å². The Morgan fingerprint density at radius 2 is 1.95 bits per heavy atom. The monoisotopic (exact) mass is 306 g/mol. The fourth-order valence-corrected chi connectivity index (χ4v) is 2.94. The lowest BCUT2D eigenvalue weighted by atomic mass is 10.2. The Morgan fingerprint density at radius 1 is 1.15 bits per heavy atom. The van der Waals surface area contributed by atoms with Gasteiger partial charge >= 0.3 is 0 Å². The normalized spacial score (nSPS) is 10.1. The number of amides is 2. The Bertz CT molecular complexity index is 597. The molecule has 0 atom stereocenters. The summed E-state index contributed by atoms with van der Waals surface area (Å²) in [4.78, 5) is 24.9. The Kier molecular flexibility index (Phi) is 5.20. The largest absolute Gasteiger partial charge is 0.279 e. The van der Waals surface area contributed by atoms with Gasteiger partial charge in [0, 0.05) is 4.90 Å². The number of thioether (sulfide) groups is 1. The Hall–Kier alpha value is -1.79. The maximum Gasteiger partial charge on any atom is 0.279 e. The second-order valence-corrected chi connectivity index (χ2v) is 6.00. The van der Waals surface area contributed by atoms with Crippen molar-refractivity contribution in [3.05, 3.63) is 52.2 Å². The molecule has 0 saturated heterocycles. The van der Waals surface area contributed by atoms with Gasteiger partial charge in [0.2, 0.25) is 5.91 Å². The van der Waals surface area contributed by atoms with E-state index in [1.807, 2.05) is 36.6 Å². The summed E-state index contributed by atoms with van der Waals surface area (Å²) >= 11 is 2.77. The van der Waals surface area contributed by atoms with E-state index >= 15 is 0 Å². The van der Waals surface area contributed by atoms with Gasteiger partial charge in [-0.3, -0.25) is 20.4 Å². The number of carbonyl (C=O) groups excluding carboxylic acids is 2. The Labute approximate surface area is 125 Å². The summed E-state index contributed by atoms with van der Waals surface area (Å²) in [6.07, 6.45) is 0. The molecular weight excluding hydrogens is 292 g/mol. The van der Waals surface area contributed by atoms with Gasteiger partial charge in [-0.25, -0.2) is 0 Å². The van der Waals surface area contributed by atoms with E-state index in [4.69, 9.17) is 0 Å². The molecule has 0 unspecified atom stereocenters. The smallest absolute Gasteiger partial charge is 0.272 e. The molecule has 0 radical (unpaired) electrons. The number of hydrogen-bond acceptors (Lipinski definition) is 4. The van der Waals surface area contributed by atoms with E-state index in [0.717, 1.165) is 10.5 Å². The van der Waals surface area contributed by atoms with Gasteiger partial charge in [0.15, 0.2) is 0 Å². The van der Waals surface area contributed by atoms with E-state index in [0.29, 0.717) is 4.88 Å². The molecule has 0 aliphatic heterocycles. The number of hydrazine groups is 1. The highest BCUT2D eigenvalue weighted by molar-refractivity contribution is 8.00. The van der Waals surface area contributed by atoms with Crippen molar-refractivity contribution in [2.24, 2.45) is 0 Å². The minimum Gasteiger partial charge on any atom is -0.272 e. The van der Waals surface area contributed by atoms with Gasteiger partial charge in [-0.1, -0.05) is 24.3 Å². The second kappa shape index (κ2) is 7.12. The van der Waals surface area contributed by atoms with Crippen molar-refractivity contribution >= 4 is 34.9 Å². The summed E-state index contributed by atoms with van der Waals surface area (Å²) in [6.45, 7) is 2.00. The molecule has 2 amide bonds. The standard InChI is InChI=1S/C14H14N2O2S2/c1-10-5-2-3-6-11(10)20-9-13(17)15-16-14(18)12-7-4-8-19-12/h2-8H,9H2,1H3,(H,15,17)(H,16,18). The molecule has 0 saturated carbocycles. The SMILES string of the molecule is Cc1ccccc1SCC(=O)NNC(=O)c1cccs1. The summed E-state index contributed by atoms with van der Waals surface area (Å²) in [5.74, 6) is -0.271. The molecule has 1 aromatic heterocycles. The van der Waals surface area contributed by atoms with Crippen molar-refractivity contribution in [1.82, 2.24) is 10.9 Å². The zero-order valence-corrected chi connectivity index (χ0v) is 12.5. The highest BCUT2D eigenvalue weighted by Crippen LogP contribution is 2.21. The van der Waals surface area contributed by atoms with Crippen molar-refractivity contribution in [2.75, 3.05) is 5.75 Å². The average molecular weight is 306 g/mol. The minimum absolute atomic E-state index is 0.233. The number of rotatable bonds is 4. The number of nitrogens with one attached hydrogen (secondary N) is 2. The minimum atomic E-state index is -0.297. The van der Waals surface area contributed by atoms with Crippen molar-refractivity contribution in [3.8, 4) is 0 Å². The van der Waals surface area contributed by atoms with Gasteiger partial charge in [-0.2, -0.15) is 0 Å². The lowest BCUT2D eigenvalue weighted by molar-refractivity contribution is -0.119. The molecule has 2 N–H and O–H groups in total. The van der Waals surface area contributed by atoms with E-state index in [1.54, 1.807) is 12.1 Å². The van der Waals surface area contributed by atoms with Crippen LogP contribution in [0.15, 0.2) is 46.7 Å². The van der Waals surface area contributed by atoms with E-state index in [-0.39, 0.29) is 17.6 Å². The molecule has 1 aromatic carbocycles. The van der Waals surface area contributed by atoms with Gasteiger partial charge in [-0.05, 0) is 30.0 Å². The van der Waals surface area contributed by atoms with E-state index in [2.05, 4.69) is 10.9 Å². The van der Waals surface area contributed by atoms with Gasteiger partial charge in [0.25, 0.3) is 5.91 Å². The predicted octanol–water partition coefficient (Wildman–Crippen LogP) is 2.61. The third-order valence-electron chi connectivity index (χ3n) is 2.51. The number of thiophene rings is 1. The zero-order chi connectivity index (χ0) is 14.4. The third kappa shape index (κ3) is 4.11. The van der Waals surface area contributed by atoms with Crippen molar-refractivity contribution in [1.29, 1.82) is 0 Å². The van der Waals surface area contributed by atoms with Crippen LogP contribution in [-0.2, 0) is 4.79 Å². The van der Waals surface area contributed by atoms with Gasteiger partial charge in [0.05, 0.1) is 10.6 Å². The Balaban J connectivity index is 1.76. The number of aryl methyl sites for hydroxylation is 1. The van der Waals surface area contributed by atoms with Crippen LogP contribution in [0.2, 0.25) is 0 Å². The second-order valence-electron chi connectivity index (χ2n) is 4.03. The first kappa shape index (κ1) is 14.6. The van der Waals surface area contributed by atoms with Gasteiger partial charge in [-0.15, -0.1) is 23.1 Å². The summed E-state index contributed by atoms with van der Waals surface area (Å²) < 4.78 is 0. The van der Waals surface area contributed by atoms with Crippen molar-refractivity contribution < 1.29 is 9.59 Å². The number of hydrogen-bond donors (Lipinski definition) is 2. The maximum absolute atomic E-state index is 11.7. The molecular formula is C14H14N2O2S2. The molecule has 0 aliphatic rings. The van der Waals surface area contributed by atoms with Crippen LogP contribution >= 0.6 is 23.1 Å². The summed E-state index contributed by atoms with van der Waals surface area (Å²) in [5, 5.41) is 1.81. The highest BCUT2D eigenvalue weighted by atomic mass is 32.2. The quantitative estimate of drug-likeness (QED) is 0.674. The van der Waals surface area contributed by atoms with Crippen LogP contribution in [0.4, 0.5) is 0 Å². The van der Waals surface area contributed by atoms with Gasteiger partial charge in [0.1, 0.15) is 0 Å². The van der Waals surface area contributed by atoms with Crippen LogP contribution < -0.4 is 10.9 Å². The third-order valence-corrected chi connectivity index (χ3v) is 4.56. The highest BCUT2D eigenvalue weighted by Gasteiger charge is 2.08. The van der Waals surface area contributed by atoms with Crippen LogP contribution in [0.5, 0.6) is 0 Å². The first-order valence-electron chi connectivity index (χ1n) is 5.98. The summed E-state index contributed by atoms with van der Waals surface area (Å²) in [6, 6.07) is 11.4. The molecule has 20 heavy (non-hydrogen) atoms. The average Bonchev–Trinajstić information content (AvgIpc) is 2.98. The predicted molar refractivity (Wildman–Crippen MR) is 81.8 cm³/mol. The zero-order valence-electron chi connectivity index (χ0n) is 10.9. The fourth-order valence-electron chi connectivity index (χ4n) is 1.49. The molecule has 0 bridgehead atoms. The first-order valence-corrected chi connectivity index (χ1v) is 7.84. The van der Waals surface area contributed by atoms with Gasteiger partial charge < -0.3 is 0 Å². The molecule has 4 nitrogen and oxygen atoms in total. The lowest BCUT2D eigenvalue weighted by Gasteiger charge is -2.07. The molecule has 104 valence electrons. The molecule has 0 fully saturated rings. The van der Waals surface area contributed by atoms with Crippen LogP contribution in [0.1, 0.15) is 15.2 Å². The Morgan fingerprint density at radius 3 is 2.65 bits per heavy atom. The van der Waals surface area contributed by atoms with Crippen LogP contribution in [0.3, 0.4) is 0 Å². The molecule has 6 heteroatoms. The van der Waals surface area contributed by atoms with Crippen molar-refractivity contribution in [3.63, 3.8) is 0 Å². The van der Waals surface area contributed by atoms with Crippen LogP contribution in [0, 0.1) is 6.92 Å². The summed E-state index contributed by atoms with van der Waals surface area (Å²) in [5.41, 5.74) is 5.93. The van der Waals surface area contributed by atoms with Crippen LogP contribution in [-0.4, -0.2) is 17.6 Å². The van der Waals surface area contributed by atoms with E-state index in [9.17, 15) is 9.59 Å². The molecule has 1 heterocycles.